The molecule has 0 unspecified atom stereocenters. The fourth-order valence-corrected chi connectivity index (χ4v) is 10.6. The molecule has 1 spiro atoms. The Morgan fingerprint density at radius 1 is 0.375 bits per heavy atom. The first-order chi connectivity index (χ1) is 31.3. The van der Waals surface area contributed by atoms with E-state index in [9.17, 15) is 0 Å². The van der Waals surface area contributed by atoms with E-state index in [1.54, 1.807) is 0 Å². The Kier molecular flexibility index (Phi) is 10.7. The molecule has 12 rings (SSSR count). The number of aryl methyl sites for hydroxylation is 2. The van der Waals surface area contributed by atoms with E-state index in [-0.39, 0.29) is 10.8 Å². The molecule has 0 fully saturated rings. The summed E-state index contributed by atoms with van der Waals surface area (Å²) in [5, 5.41) is 5.19. The molecular weight excluding hydrogens is 771 g/mol. The van der Waals surface area contributed by atoms with Crippen molar-refractivity contribution in [3.8, 4) is 33.4 Å². The van der Waals surface area contributed by atoms with Gasteiger partial charge in [0.2, 0.25) is 0 Å². The third-order valence-corrected chi connectivity index (χ3v) is 13.7. The molecule has 0 saturated heterocycles. The summed E-state index contributed by atoms with van der Waals surface area (Å²) in [4.78, 5) is 0. The predicted octanol–water partition coefficient (Wildman–Crippen LogP) is 15.8. The third kappa shape index (κ3) is 6.85. The fourth-order valence-electron chi connectivity index (χ4n) is 10.6. The van der Waals surface area contributed by atoms with E-state index in [0.29, 0.717) is 6.54 Å². The van der Waals surface area contributed by atoms with Gasteiger partial charge in [0.15, 0.2) is 0 Å². The van der Waals surface area contributed by atoms with Gasteiger partial charge in [-0.25, -0.2) is 0 Å². The van der Waals surface area contributed by atoms with E-state index in [1.165, 1.54) is 105 Å². The molecule has 0 atom stereocenters. The normalized spacial score (nSPS) is 13.4. The van der Waals surface area contributed by atoms with Gasteiger partial charge in [-0.05, 0) is 125 Å². The molecule has 2 aliphatic rings. The van der Waals surface area contributed by atoms with Crippen molar-refractivity contribution >= 4 is 21.5 Å². The van der Waals surface area contributed by atoms with Crippen LogP contribution in [0.1, 0.15) is 63.9 Å². The maximum atomic E-state index is 5.54. The van der Waals surface area contributed by atoms with Gasteiger partial charge >= 0.3 is 0 Å². The zero-order chi connectivity index (χ0) is 43.8. The Morgan fingerprint density at radius 3 is 1.52 bits per heavy atom. The molecule has 0 bridgehead atoms. The third-order valence-electron chi connectivity index (χ3n) is 13.7. The molecule has 0 aromatic heterocycles. The summed E-state index contributed by atoms with van der Waals surface area (Å²) in [6, 6.07) is 81.6. The summed E-state index contributed by atoms with van der Waals surface area (Å²) in [6.07, 6.45) is 0. The van der Waals surface area contributed by atoms with E-state index in [0.717, 1.165) is 0 Å². The van der Waals surface area contributed by atoms with E-state index >= 15 is 0 Å². The minimum atomic E-state index is -0.358. The second-order valence-corrected chi connectivity index (χ2v) is 17.8. The number of benzene rings is 10. The van der Waals surface area contributed by atoms with Gasteiger partial charge in [0.05, 0.1) is 5.41 Å². The predicted molar refractivity (Wildman–Crippen MR) is 272 cm³/mol. The Morgan fingerprint density at radius 2 is 0.891 bits per heavy atom. The van der Waals surface area contributed by atoms with Gasteiger partial charge in [0, 0.05) is 12.0 Å². The molecule has 0 aliphatic heterocycles. The van der Waals surface area contributed by atoms with Crippen LogP contribution in [0, 0.1) is 13.8 Å². The van der Waals surface area contributed by atoms with Gasteiger partial charge < -0.3 is 5.73 Å². The molecule has 10 aromatic rings. The van der Waals surface area contributed by atoms with Crippen molar-refractivity contribution in [2.24, 2.45) is 5.73 Å². The number of fused-ring (bicyclic) bond motifs is 12. The molecule has 1 heteroatoms. The number of rotatable bonds is 3. The van der Waals surface area contributed by atoms with Crippen molar-refractivity contribution in [2.45, 2.75) is 45.1 Å². The summed E-state index contributed by atoms with van der Waals surface area (Å²) in [5.74, 6) is 0. The molecule has 310 valence electrons. The van der Waals surface area contributed by atoms with Crippen LogP contribution in [-0.2, 0) is 17.4 Å². The van der Waals surface area contributed by atoms with E-state index in [2.05, 4.69) is 216 Å². The van der Waals surface area contributed by atoms with Crippen molar-refractivity contribution in [3.63, 3.8) is 0 Å². The van der Waals surface area contributed by atoms with Gasteiger partial charge in [0.1, 0.15) is 0 Å². The molecule has 0 saturated carbocycles. The van der Waals surface area contributed by atoms with Gasteiger partial charge in [0.25, 0.3) is 0 Å². The highest BCUT2D eigenvalue weighted by Gasteiger charge is 2.53. The molecule has 2 aliphatic carbocycles. The Balaban J connectivity index is 0.000000189. The van der Waals surface area contributed by atoms with Gasteiger partial charge in [-0.1, -0.05) is 232 Å². The molecule has 0 radical (unpaired) electrons. The quantitative estimate of drug-likeness (QED) is 0.177. The van der Waals surface area contributed by atoms with Crippen LogP contribution in [0.2, 0.25) is 0 Å². The summed E-state index contributed by atoms with van der Waals surface area (Å²) >= 11 is 0. The van der Waals surface area contributed by atoms with Gasteiger partial charge in [-0.3, -0.25) is 0 Å². The van der Waals surface area contributed by atoms with E-state index in [4.69, 9.17) is 5.73 Å². The summed E-state index contributed by atoms with van der Waals surface area (Å²) < 4.78 is 0. The standard InChI is InChI=1S/C43H32.C13H13N.C7H8/c1-27-13-12-22-40-41(27)34-26-29(33-25-28-14-4-5-15-30(28)31-16-6-7-17-32(31)33)23-24-35(34)43(40)38-20-10-8-18-36(38)42(2,3)37-19-9-11-21-39(37)43;14-10-11-6-8-13(9-7-11)12-4-2-1-3-5-12;1-7-5-3-2-4-6-7/h4-26H,1-3H3;1-9H,10,14H2;2-6H,1H3. The highest BCUT2D eigenvalue weighted by atomic mass is 14.5. The summed E-state index contributed by atoms with van der Waals surface area (Å²) in [7, 11) is 0. The molecule has 1 nitrogen and oxygen atoms in total. The van der Waals surface area contributed by atoms with Crippen LogP contribution >= 0.6 is 0 Å². The molecule has 0 amide bonds. The minimum Gasteiger partial charge on any atom is -0.326 e. The van der Waals surface area contributed by atoms with Crippen LogP contribution in [0.5, 0.6) is 0 Å². The number of hydrogen-bond acceptors (Lipinski definition) is 1. The van der Waals surface area contributed by atoms with Crippen molar-refractivity contribution in [1.29, 1.82) is 0 Å². The largest absolute Gasteiger partial charge is 0.326 e. The Hall–Kier alpha value is -7.32. The van der Waals surface area contributed by atoms with Crippen molar-refractivity contribution in [1.82, 2.24) is 0 Å². The second kappa shape index (κ2) is 16.8. The monoisotopic (exact) mass is 823 g/mol. The SMILES string of the molecule is Cc1cccc2c1-c1cc(-c3cc4ccccc4c4ccccc34)ccc1C21c2ccccc2C(C)(C)c2ccccc21.Cc1ccccc1.NCc1ccc(-c2ccccc2)cc1. The van der Waals surface area contributed by atoms with Gasteiger partial charge in [-0.15, -0.1) is 0 Å². The summed E-state index contributed by atoms with van der Waals surface area (Å²) in [5.41, 5.74) is 25.1. The first-order valence-electron chi connectivity index (χ1n) is 22.5. The smallest absolute Gasteiger partial charge is 0.0719 e. The lowest BCUT2D eigenvalue weighted by atomic mass is 9.55. The van der Waals surface area contributed by atoms with Crippen LogP contribution in [-0.4, -0.2) is 0 Å². The Bertz CT molecular complexity index is 3240. The number of nitrogens with two attached hydrogens (primary N) is 1. The van der Waals surface area contributed by atoms with E-state index in [1.807, 2.05) is 36.4 Å². The van der Waals surface area contributed by atoms with Crippen LogP contribution in [0.15, 0.2) is 224 Å². The average molecular weight is 824 g/mol. The first kappa shape index (κ1) is 40.7. The van der Waals surface area contributed by atoms with Crippen LogP contribution in [0.4, 0.5) is 0 Å². The molecule has 0 heterocycles. The average Bonchev–Trinajstić information content (AvgIpc) is 3.65. The Labute approximate surface area is 378 Å². The summed E-state index contributed by atoms with van der Waals surface area (Å²) in [6.45, 7) is 9.75. The van der Waals surface area contributed by atoms with Crippen molar-refractivity contribution in [2.75, 3.05) is 0 Å². The second-order valence-electron chi connectivity index (χ2n) is 17.8. The molecule has 2 N–H and O–H groups in total. The maximum absolute atomic E-state index is 5.54. The lowest BCUT2D eigenvalue weighted by molar-refractivity contribution is 0.563. The molecule has 64 heavy (non-hydrogen) atoms. The van der Waals surface area contributed by atoms with E-state index < -0.39 is 0 Å². The van der Waals surface area contributed by atoms with Crippen molar-refractivity contribution in [3.05, 3.63) is 275 Å². The highest BCUT2D eigenvalue weighted by molar-refractivity contribution is 6.14. The lowest BCUT2D eigenvalue weighted by Crippen LogP contribution is -2.40. The zero-order valence-corrected chi connectivity index (χ0v) is 37.1. The minimum absolute atomic E-state index is 0.0882. The number of hydrogen-bond donors (Lipinski definition) is 1. The highest BCUT2D eigenvalue weighted by Crippen LogP contribution is 2.63. The van der Waals surface area contributed by atoms with Crippen molar-refractivity contribution < 1.29 is 0 Å². The van der Waals surface area contributed by atoms with Crippen LogP contribution < -0.4 is 5.73 Å². The van der Waals surface area contributed by atoms with Crippen LogP contribution in [0.25, 0.3) is 54.9 Å². The zero-order valence-electron chi connectivity index (χ0n) is 37.1. The maximum Gasteiger partial charge on any atom is 0.0719 e. The van der Waals surface area contributed by atoms with Gasteiger partial charge in [-0.2, -0.15) is 0 Å². The fraction of sp³-hybridized carbons (Fsp3) is 0.111. The molecule has 10 aromatic carbocycles. The first-order valence-corrected chi connectivity index (χ1v) is 22.5. The molecular formula is C63H53N. The van der Waals surface area contributed by atoms with Crippen LogP contribution in [0.3, 0.4) is 0 Å². The lowest BCUT2D eigenvalue weighted by Gasteiger charge is -2.46. The topological polar surface area (TPSA) is 26.0 Å².